The van der Waals surface area contributed by atoms with Gasteiger partial charge in [0.2, 0.25) is 5.89 Å². The van der Waals surface area contributed by atoms with Crippen LogP contribution in [-0.4, -0.2) is 26.5 Å². The molecule has 0 atom stereocenters. The summed E-state index contributed by atoms with van der Waals surface area (Å²) in [6, 6.07) is 0. The second kappa shape index (κ2) is 4.86. The fourth-order valence-electron chi connectivity index (χ4n) is 1.60. The minimum absolute atomic E-state index is 0.607. The van der Waals surface area contributed by atoms with Gasteiger partial charge in [-0.2, -0.15) is 10.1 Å². The molecule has 7 heteroatoms. The molecule has 0 aliphatic heterocycles. The van der Waals surface area contributed by atoms with E-state index in [0.29, 0.717) is 24.5 Å². The lowest BCUT2D eigenvalue weighted by molar-refractivity contribution is 0.379. The lowest BCUT2D eigenvalue weighted by atomic mass is 10.3. The van der Waals surface area contributed by atoms with Gasteiger partial charge in [0.1, 0.15) is 5.82 Å². The molecule has 0 unspecified atom stereocenters. The maximum absolute atomic E-state index is 5.94. The van der Waals surface area contributed by atoms with E-state index in [1.807, 2.05) is 18.5 Å². The summed E-state index contributed by atoms with van der Waals surface area (Å²) >= 11 is 0. The molecular formula is C10H16N6O. The molecule has 0 aliphatic rings. The molecule has 0 fully saturated rings. The van der Waals surface area contributed by atoms with Crippen LogP contribution in [0.3, 0.4) is 0 Å². The molecule has 0 spiro atoms. The third kappa shape index (κ3) is 2.38. The Balaban J connectivity index is 1.98. The van der Waals surface area contributed by atoms with Crippen molar-refractivity contribution in [2.45, 2.75) is 26.8 Å². The number of nitrogens with two attached hydrogens (primary N) is 1. The van der Waals surface area contributed by atoms with Crippen LogP contribution in [0.5, 0.6) is 0 Å². The third-order valence-corrected chi connectivity index (χ3v) is 2.51. The minimum atomic E-state index is 0.607. The fourth-order valence-corrected chi connectivity index (χ4v) is 1.60. The number of aromatic nitrogens is 4. The summed E-state index contributed by atoms with van der Waals surface area (Å²) in [5, 5.41) is 11.1. The largest absolute Gasteiger partial charge is 0.394 e. The molecule has 0 saturated heterocycles. The van der Waals surface area contributed by atoms with Crippen LogP contribution in [0.2, 0.25) is 0 Å². The van der Waals surface area contributed by atoms with E-state index in [4.69, 9.17) is 10.3 Å². The second-order valence-corrected chi connectivity index (χ2v) is 3.68. The summed E-state index contributed by atoms with van der Waals surface area (Å²) in [4.78, 5) is 3.95. The van der Waals surface area contributed by atoms with E-state index < -0.39 is 0 Å². The van der Waals surface area contributed by atoms with Gasteiger partial charge in [-0.1, -0.05) is 5.16 Å². The van der Waals surface area contributed by atoms with Gasteiger partial charge in [-0.25, -0.2) is 4.68 Å². The lowest BCUT2D eigenvalue weighted by Crippen LogP contribution is -2.11. The Morgan fingerprint density at radius 3 is 3.00 bits per heavy atom. The normalized spacial score (nSPS) is 10.7. The predicted octanol–water partition coefficient (Wildman–Crippen LogP) is 0.831. The first kappa shape index (κ1) is 11.4. The molecule has 0 radical (unpaired) electrons. The first-order valence-corrected chi connectivity index (χ1v) is 5.54. The summed E-state index contributed by atoms with van der Waals surface area (Å²) in [6.45, 7) is 5.37. The van der Waals surface area contributed by atoms with Crippen molar-refractivity contribution in [3.8, 4) is 0 Å². The smallest absolute Gasteiger partial charge is 0.228 e. The molecule has 0 amide bonds. The van der Waals surface area contributed by atoms with E-state index in [1.54, 1.807) is 0 Å². The first-order valence-electron chi connectivity index (χ1n) is 5.54. The number of hydrogen-bond acceptors (Lipinski definition) is 6. The summed E-state index contributed by atoms with van der Waals surface area (Å²) in [7, 11) is 0. The van der Waals surface area contributed by atoms with Crippen molar-refractivity contribution in [2.75, 3.05) is 17.6 Å². The highest BCUT2D eigenvalue weighted by Crippen LogP contribution is 2.21. The fraction of sp³-hybridized carbons (Fsp3) is 0.500. The van der Waals surface area contributed by atoms with Crippen molar-refractivity contribution in [3.63, 3.8) is 0 Å². The van der Waals surface area contributed by atoms with Gasteiger partial charge in [0, 0.05) is 19.5 Å². The van der Waals surface area contributed by atoms with E-state index in [-0.39, 0.29) is 0 Å². The maximum atomic E-state index is 5.94. The van der Waals surface area contributed by atoms with Crippen LogP contribution in [0.1, 0.15) is 18.5 Å². The molecule has 3 N–H and O–H groups in total. The van der Waals surface area contributed by atoms with Crippen molar-refractivity contribution in [3.05, 3.63) is 17.9 Å². The molecule has 2 rings (SSSR count). The Hall–Kier alpha value is -2.05. The number of nitrogens with one attached hydrogen (secondary N) is 1. The Kier molecular flexibility index (Phi) is 3.27. The standard InChI is InChI=1S/C10H16N6O/c1-3-16-10(9(11)7(2)15-16)12-5-4-8-13-6-14-17-8/h6,12H,3-5,11H2,1-2H3. The van der Waals surface area contributed by atoms with E-state index in [9.17, 15) is 0 Å². The van der Waals surface area contributed by atoms with Crippen molar-refractivity contribution in [1.82, 2.24) is 19.9 Å². The number of hydrogen-bond donors (Lipinski definition) is 2. The van der Waals surface area contributed by atoms with Crippen LogP contribution in [0.25, 0.3) is 0 Å². The highest BCUT2D eigenvalue weighted by molar-refractivity contribution is 5.64. The van der Waals surface area contributed by atoms with Crippen LogP contribution in [0, 0.1) is 6.92 Å². The van der Waals surface area contributed by atoms with E-state index in [1.165, 1.54) is 6.33 Å². The third-order valence-electron chi connectivity index (χ3n) is 2.51. The Labute approximate surface area is 99.0 Å². The summed E-state index contributed by atoms with van der Waals surface area (Å²) in [5.74, 6) is 1.46. The number of rotatable bonds is 5. The predicted molar refractivity (Wildman–Crippen MR) is 63.5 cm³/mol. The quantitative estimate of drug-likeness (QED) is 0.798. The Bertz CT molecular complexity index is 475. The second-order valence-electron chi connectivity index (χ2n) is 3.68. The molecule has 2 heterocycles. The molecule has 2 aromatic rings. The average molecular weight is 236 g/mol. The number of nitrogen functional groups attached to an aromatic ring is 1. The van der Waals surface area contributed by atoms with Gasteiger partial charge < -0.3 is 15.6 Å². The van der Waals surface area contributed by atoms with E-state index >= 15 is 0 Å². The van der Waals surface area contributed by atoms with Crippen LogP contribution in [0.15, 0.2) is 10.9 Å². The highest BCUT2D eigenvalue weighted by Gasteiger charge is 2.10. The number of aryl methyl sites for hydroxylation is 2. The van der Waals surface area contributed by atoms with E-state index in [0.717, 1.165) is 18.1 Å². The summed E-state index contributed by atoms with van der Waals surface area (Å²) in [5.41, 5.74) is 7.47. The molecule has 0 aliphatic carbocycles. The molecular weight excluding hydrogens is 220 g/mol. The van der Waals surface area contributed by atoms with E-state index in [2.05, 4.69) is 20.6 Å². The van der Waals surface area contributed by atoms with Crippen LogP contribution in [-0.2, 0) is 13.0 Å². The molecule has 0 saturated carbocycles. The van der Waals surface area contributed by atoms with Gasteiger partial charge in [0.05, 0.1) is 11.4 Å². The van der Waals surface area contributed by atoms with Crippen molar-refractivity contribution < 1.29 is 4.52 Å². The SMILES string of the molecule is CCn1nc(C)c(N)c1NCCc1ncno1. The molecule has 0 bridgehead atoms. The topological polar surface area (TPSA) is 94.8 Å². The zero-order valence-electron chi connectivity index (χ0n) is 9.97. The van der Waals surface area contributed by atoms with Crippen LogP contribution in [0.4, 0.5) is 11.5 Å². The molecule has 0 aromatic carbocycles. The summed E-state index contributed by atoms with van der Waals surface area (Å²) in [6.07, 6.45) is 2.05. The maximum Gasteiger partial charge on any atom is 0.228 e. The van der Waals surface area contributed by atoms with Crippen molar-refractivity contribution in [1.29, 1.82) is 0 Å². The van der Waals surface area contributed by atoms with Crippen molar-refractivity contribution >= 4 is 11.5 Å². The average Bonchev–Trinajstić information content (AvgIpc) is 2.92. The zero-order valence-corrected chi connectivity index (χ0v) is 9.97. The van der Waals surface area contributed by atoms with Crippen molar-refractivity contribution in [2.24, 2.45) is 0 Å². The molecule has 17 heavy (non-hydrogen) atoms. The number of nitrogens with zero attached hydrogens (tertiary/aromatic N) is 4. The van der Waals surface area contributed by atoms with Gasteiger partial charge in [-0.15, -0.1) is 0 Å². The lowest BCUT2D eigenvalue weighted by Gasteiger charge is -2.07. The molecule has 7 nitrogen and oxygen atoms in total. The van der Waals surface area contributed by atoms with Crippen LogP contribution >= 0.6 is 0 Å². The minimum Gasteiger partial charge on any atom is -0.394 e. The highest BCUT2D eigenvalue weighted by atomic mass is 16.5. The molecule has 92 valence electrons. The van der Waals surface area contributed by atoms with Gasteiger partial charge >= 0.3 is 0 Å². The van der Waals surface area contributed by atoms with Gasteiger partial charge in [0.25, 0.3) is 0 Å². The monoisotopic (exact) mass is 236 g/mol. The Morgan fingerprint density at radius 1 is 1.53 bits per heavy atom. The van der Waals surface area contributed by atoms with Crippen LogP contribution < -0.4 is 11.1 Å². The van der Waals surface area contributed by atoms with Gasteiger partial charge in [-0.05, 0) is 13.8 Å². The Morgan fingerprint density at radius 2 is 2.35 bits per heavy atom. The van der Waals surface area contributed by atoms with Gasteiger partial charge in [-0.3, -0.25) is 0 Å². The first-order chi connectivity index (χ1) is 8.22. The zero-order chi connectivity index (χ0) is 12.3. The summed E-state index contributed by atoms with van der Waals surface area (Å²) < 4.78 is 6.75. The number of anilines is 2. The van der Waals surface area contributed by atoms with Gasteiger partial charge in [0.15, 0.2) is 6.33 Å². The molecule has 2 aromatic heterocycles.